The highest BCUT2D eigenvalue weighted by Gasteiger charge is 2.39. The van der Waals surface area contributed by atoms with Gasteiger partial charge in [-0.15, -0.1) is 0 Å². The van der Waals surface area contributed by atoms with Crippen LogP contribution in [-0.2, 0) is 56.0 Å². The SMILES string of the molecule is CC(C)C[C@H](NC(=O)[C@@H](NC(=O)[C@H](CC(C)C)NC(=O)[C@@H](N)Cc1cnc[nH]1)C(C)C)C(=O)N[C@@H](CO)C(=O)N[C@@H](CC(N)=O)C(=O)N[C@@H](Cc1ccccc1)C(=O)N1CCC[C@H]1C(=O)O. The third-order valence-electron chi connectivity index (χ3n) is 10.8. The maximum atomic E-state index is 13.9. The van der Waals surface area contributed by atoms with Gasteiger partial charge >= 0.3 is 5.97 Å². The number of hydrogen-bond acceptors (Lipinski definition) is 12. The van der Waals surface area contributed by atoms with Crippen LogP contribution < -0.4 is 43.4 Å². The van der Waals surface area contributed by atoms with E-state index in [4.69, 9.17) is 11.5 Å². The third kappa shape index (κ3) is 16.9. The van der Waals surface area contributed by atoms with E-state index in [0.717, 1.165) is 4.90 Å². The predicted octanol–water partition coefficient (Wildman–Crippen LogP) is -1.88. The first-order chi connectivity index (χ1) is 31.1. The van der Waals surface area contributed by atoms with Gasteiger partial charge in [-0.2, -0.15) is 0 Å². The summed E-state index contributed by atoms with van der Waals surface area (Å²) in [6, 6.07) is -1.90. The molecule has 1 aliphatic heterocycles. The first kappa shape index (κ1) is 53.9. The second-order valence-electron chi connectivity index (χ2n) is 17.8. The van der Waals surface area contributed by atoms with E-state index in [0.29, 0.717) is 17.7 Å². The summed E-state index contributed by atoms with van der Waals surface area (Å²) in [6.45, 7) is 9.72. The molecule has 0 aliphatic carbocycles. The van der Waals surface area contributed by atoms with Crippen molar-refractivity contribution in [3.05, 3.63) is 54.1 Å². The highest BCUT2D eigenvalue weighted by atomic mass is 16.4. The predicted molar refractivity (Wildman–Crippen MR) is 239 cm³/mol. The Morgan fingerprint density at radius 1 is 0.727 bits per heavy atom. The van der Waals surface area contributed by atoms with Gasteiger partial charge in [0, 0.05) is 31.3 Å². The lowest BCUT2D eigenvalue weighted by atomic mass is 9.98. The van der Waals surface area contributed by atoms with Crippen molar-refractivity contribution < 1.29 is 53.4 Å². The highest BCUT2D eigenvalue weighted by molar-refractivity contribution is 5.99. The zero-order valence-corrected chi connectivity index (χ0v) is 38.4. The number of amides is 8. The molecule has 66 heavy (non-hydrogen) atoms. The number of nitrogens with one attached hydrogen (secondary N) is 7. The van der Waals surface area contributed by atoms with E-state index in [1.807, 2.05) is 13.8 Å². The third-order valence-corrected chi connectivity index (χ3v) is 10.8. The van der Waals surface area contributed by atoms with E-state index in [1.165, 1.54) is 12.5 Å². The number of nitrogens with two attached hydrogens (primary N) is 2. The van der Waals surface area contributed by atoms with Crippen molar-refractivity contribution in [2.75, 3.05) is 13.2 Å². The Balaban J connectivity index is 1.76. The second kappa shape index (κ2) is 25.9. The van der Waals surface area contributed by atoms with Gasteiger partial charge in [0.15, 0.2) is 0 Å². The number of aromatic amines is 1. The molecule has 0 bridgehead atoms. The number of aliphatic hydroxyl groups excluding tert-OH is 1. The number of carbonyl (C=O) groups excluding carboxylic acids is 8. The maximum absolute atomic E-state index is 13.9. The summed E-state index contributed by atoms with van der Waals surface area (Å²) >= 11 is 0. The molecule has 1 aliphatic rings. The van der Waals surface area contributed by atoms with E-state index in [9.17, 15) is 53.4 Å². The number of likely N-dealkylation sites (tertiary alicyclic amines) is 1. The van der Waals surface area contributed by atoms with Crippen molar-refractivity contribution in [1.29, 1.82) is 0 Å². The average Bonchev–Trinajstić information content (AvgIpc) is 3.96. The minimum Gasteiger partial charge on any atom is -0.480 e. The molecule has 0 radical (unpaired) electrons. The summed E-state index contributed by atoms with van der Waals surface area (Å²) in [5.74, 6) is -8.74. The lowest BCUT2D eigenvalue weighted by Gasteiger charge is -2.30. The number of primary amides is 1. The van der Waals surface area contributed by atoms with Crippen LogP contribution in [0.4, 0.5) is 0 Å². The van der Waals surface area contributed by atoms with E-state index in [-0.39, 0.29) is 50.5 Å². The number of carboxylic acids is 1. The van der Waals surface area contributed by atoms with E-state index >= 15 is 0 Å². The molecule has 1 fully saturated rings. The van der Waals surface area contributed by atoms with Crippen molar-refractivity contribution in [2.45, 2.75) is 135 Å². The summed E-state index contributed by atoms with van der Waals surface area (Å²) in [4.78, 5) is 128. The van der Waals surface area contributed by atoms with Gasteiger partial charge in [0.05, 0.1) is 25.4 Å². The summed E-state index contributed by atoms with van der Waals surface area (Å²) < 4.78 is 0. The molecule has 22 nitrogen and oxygen atoms in total. The fourth-order valence-electron chi connectivity index (χ4n) is 7.42. The smallest absolute Gasteiger partial charge is 0.326 e. The van der Waals surface area contributed by atoms with Crippen molar-refractivity contribution in [3.8, 4) is 0 Å². The number of nitrogens with zero attached hydrogens (tertiary/aromatic N) is 2. The van der Waals surface area contributed by atoms with Gasteiger partial charge in [-0.3, -0.25) is 38.4 Å². The number of imidazole rings is 1. The van der Waals surface area contributed by atoms with Gasteiger partial charge in [-0.25, -0.2) is 9.78 Å². The van der Waals surface area contributed by atoms with Crippen LogP contribution in [0.5, 0.6) is 0 Å². The van der Waals surface area contributed by atoms with Crippen molar-refractivity contribution in [1.82, 2.24) is 46.8 Å². The fraction of sp³-hybridized carbons (Fsp3) is 0.591. The Morgan fingerprint density at radius 3 is 1.79 bits per heavy atom. The molecule has 0 saturated carbocycles. The second-order valence-corrected chi connectivity index (χ2v) is 17.8. The Kier molecular flexibility index (Phi) is 21.2. The van der Waals surface area contributed by atoms with Gasteiger partial charge in [0.1, 0.15) is 42.3 Å². The number of aromatic nitrogens is 2. The molecule has 1 aromatic carbocycles. The molecule has 1 aromatic heterocycles. The number of rotatable bonds is 26. The normalized spacial score (nSPS) is 16.8. The topological polar surface area (TPSA) is 350 Å². The molecule has 0 unspecified atom stereocenters. The van der Waals surface area contributed by atoms with Gasteiger partial charge in [0.2, 0.25) is 47.3 Å². The summed E-state index contributed by atoms with van der Waals surface area (Å²) in [5, 5.41) is 35.3. The molecule has 3 rings (SSSR count). The van der Waals surface area contributed by atoms with Gasteiger partial charge in [0.25, 0.3) is 0 Å². The Hall–Kier alpha value is -6.42. The quantitative estimate of drug-likeness (QED) is 0.0493. The lowest BCUT2D eigenvalue weighted by Crippen LogP contribution is -2.61. The Morgan fingerprint density at radius 2 is 1.26 bits per heavy atom. The molecule has 2 aromatic rings. The van der Waals surface area contributed by atoms with Gasteiger partial charge in [-0.05, 0) is 49.0 Å². The van der Waals surface area contributed by atoms with Crippen molar-refractivity contribution in [2.24, 2.45) is 29.2 Å². The summed E-state index contributed by atoms with van der Waals surface area (Å²) in [5.41, 5.74) is 12.8. The first-order valence-electron chi connectivity index (χ1n) is 22.1. The molecule has 13 N–H and O–H groups in total. The minimum atomic E-state index is -1.73. The van der Waals surface area contributed by atoms with Crippen LogP contribution in [0.3, 0.4) is 0 Å². The molecule has 0 spiro atoms. The van der Waals surface area contributed by atoms with Crippen LogP contribution in [0, 0.1) is 17.8 Å². The van der Waals surface area contributed by atoms with Crippen LogP contribution in [0.2, 0.25) is 0 Å². The number of aliphatic carboxylic acids is 1. The summed E-state index contributed by atoms with van der Waals surface area (Å²) in [6.07, 6.45) is 3.17. The number of hydrogen-bond donors (Lipinski definition) is 11. The molecule has 2 heterocycles. The van der Waals surface area contributed by atoms with Crippen molar-refractivity contribution >= 4 is 53.2 Å². The highest BCUT2D eigenvalue weighted by Crippen LogP contribution is 2.20. The fourth-order valence-corrected chi connectivity index (χ4v) is 7.42. The first-order valence-corrected chi connectivity index (χ1v) is 22.1. The largest absolute Gasteiger partial charge is 0.480 e. The zero-order valence-electron chi connectivity index (χ0n) is 38.4. The Bertz CT molecular complexity index is 1980. The van der Waals surface area contributed by atoms with Crippen LogP contribution in [0.15, 0.2) is 42.9 Å². The molecule has 8 atom stereocenters. The average molecular weight is 926 g/mol. The molecule has 8 amide bonds. The maximum Gasteiger partial charge on any atom is 0.326 e. The van der Waals surface area contributed by atoms with Crippen LogP contribution in [0.1, 0.15) is 84.9 Å². The summed E-state index contributed by atoms with van der Waals surface area (Å²) in [7, 11) is 0. The van der Waals surface area contributed by atoms with Crippen LogP contribution in [0.25, 0.3) is 0 Å². The van der Waals surface area contributed by atoms with E-state index < -0.39 is 121 Å². The molecular formula is C44H67N11O11. The van der Waals surface area contributed by atoms with E-state index in [1.54, 1.807) is 58.0 Å². The number of benzene rings is 1. The number of carbonyl (C=O) groups is 9. The molecule has 22 heteroatoms. The standard InChI is InChI=1S/C44H67N11O11/c1-23(2)15-29(51-42(63)36(25(5)6)54-40(61)30(16-24(3)4)49-37(58)28(45)18-27-20-47-22-48-27)38(59)53-33(21-56)41(62)50-31(19-35(46)57)39(60)52-32(17-26-11-8-7-9-12-26)43(64)55-14-10-13-34(55)44(65)66/h7-9,11-12,20,22-25,28-34,36,56H,10,13-19,21,45H2,1-6H3,(H2,46,57)(H,47,48)(H,49,58)(H,50,62)(H,51,63)(H,52,60)(H,53,59)(H,54,61)(H,65,66)/t28-,29-,30-,31-,32-,33-,34-,36-/m0/s1. The van der Waals surface area contributed by atoms with Gasteiger partial charge < -0.3 is 63.5 Å². The van der Waals surface area contributed by atoms with Gasteiger partial charge in [-0.1, -0.05) is 71.9 Å². The number of carboxylic acid groups (broad SMARTS) is 1. The van der Waals surface area contributed by atoms with Crippen LogP contribution in [-0.4, -0.2) is 140 Å². The zero-order chi connectivity index (χ0) is 49.2. The number of aliphatic hydroxyl groups is 1. The van der Waals surface area contributed by atoms with Crippen LogP contribution >= 0.6 is 0 Å². The number of H-pyrrole nitrogens is 1. The van der Waals surface area contributed by atoms with E-state index in [2.05, 4.69) is 41.9 Å². The molecular weight excluding hydrogens is 859 g/mol. The minimum absolute atomic E-state index is 0.0413. The monoisotopic (exact) mass is 926 g/mol. The molecule has 364 valence electrons. The lowest BCUT2D eigenvalue weighted by molar-refractivity contribution is -0.149. The van der Waals surface area contributed by atoms with Crippen molar-refractivity contribution in [3.63, 3.8) is 0 Å². The Labute approximate surface area is 383 Å². The molecule has 1 saturated heterocycles.